The molecule has 1 amide bonds. The highest BCUT2D eigenvalue weighted by atomic mass is 19.1. The van der Waals surface area contributed by atoms with Crippen molar-refractivity contribution in [2.24, 2.45) is 0 Å². The number of nitrogens with zero attached hydrogens (tertiary/aromatic N) is 5. The molecule has 1 fully saturated rings. The van der Waals surface area contributed by atoms with Gasteiger partial charge in [-0.2, -0.15) is 0 Å². The van der Waals surface area contributed by atoms with Crippen molar-refractivity contribution in [2.75, 3.05) is 51.2 Å². The van der Waals surface area contributed by atoms with Crippen LogP contribution in [0, 0.1) is 5.82 Å². The molecule has 41 heavy (non-hydrogen) atoms. The quantitative estimate of drug-likeness (QED) is 0.219. The maximum absolute atomic E-state index is 13.7. The third-order valence-electron chi connectivity index (χ3n) is 8.03. The highest BCUT2D eigenvalue weighted by Gasteiger charge is 2.23. The molecule has 0 N–H and O–H groups in total. The zero-order valence-electron chi connectivity index (χ0n) is 24.1. The van der Waals surface area contributed by atoms with Crippen LogP contribution in [-0.4, -0.2) is 71.6 Å². The van der Waals surface area contributed by atoms with Crippen LogP contribution in [0.4, 0.5) is 10.3 Å². The number of allylic oxidation sites excluding steroid dienone is 2. The van der Waals surface area contributed by atoms with Crippen molar-refractivity contribution >= 4 is 22.9 Å². The smallest absolute Gasteiger partial charge is 0.253 e. The van der Waals surface area contributed by atoms with Crippen molar-refractivity contribution < 1.29 is 9.18 Å². The number of likely N-dealkylation sites (N-methyl/N-ethyl adjacent to an activating group) is 1. The predicted octanol–water partition coefficient (Wildman–Crippen LogP) is 6.21. The molecule has 1 atom stereocenters. The molecule has 4 aromatic rings. The molecule has 5 rings (SSSR count). The monoisotopic (exact) mass is 553 g/mol. The minimum absolute atomic E-state index is 0.00364. The summed E-state index contributed by atoms with van der Waals surface area (Å²) in [5.41, 5.74) is 3.94. The van der Waals surface area contributed by atoms with Crippen molar-refractivity contribution in [3.63, 3.8) is 0 Å². The summed E-state index contributed by atoms with van der Waals surface area (Å²) in [5.74, 6) is 0.909. The average molecular weight is 554 g/mol. The van der Waals surface area contributed by atoms with Crippen molar-refractivity contribution in [2.45, 2.75) is 32.2 Å². The van der Waals surface area contributed by atoms with Crippen molar-refractivity contribution in [1.29, 1.82) is 0 Å². The number of halogens is 1. The molecule has 3 aromatic carbocycles. The number of hydrogen-bond acceptors (Lipinski definition) is 4. The lowest BCUT2D eigenvalue weighted by Crippen LogP contribution is -2.35. The number of carbonyl (C=O) groups is 1. The maximum Gasteiger partial charge on any atom is 0.253 e. The summed E-state index contributed by atoms with van der Waals surface area (Å²) < 4.78 is 16.1. The van der Waals surface area contributed by atoms with E-state index in [1.807, 2.05) is 55.6 Å². The Kier molecular flexibility index (Phi) is 9.47. The first kappa shape index (κ1) is 28.6. The van der Waals surface area contributed by atoms with Crippen LogP contribution < -0.4 is 4.90 Å². The third-order valence-corrected chi connectivity index (χ3v) is 8.03. The SMILES string of the molecule is C/C=C/Cn1c(N2CCCN(CCC(CN(C)C(=O)c3ccccc3)c3ccc(F)cc3)CC2)nc2ccccc21. The fourth-order valence-corrected chi connectivity index (χ4v) is 5.74. The van der Waals surface area contributed by atoms with Crippen molar-refractivity contribution in [1.82, 2.24) is 19.4 Å². The Balaban J connectivity index is 1.26. The highest BCUT2D eigenvalue weighted by molar-refractivity contribution is 5.94. The van der Waals surface area contributed by atoms with Crippen LogP contribution in [-0.2, 0) is 6.54 Å². The molecule has 6 nitrogen and oxygen atoms in total. The Labute approximate surface area is 242 Å². The molecule has 0 spiro atoms. The van der Waals surface area contributed by atoms with Gasteiger partial charge >= 0.3 is 0 Å². The van der Waals surface area contributed by atoms with Crippen LogP contribution in [0.25, 0.3) is 11.0 Å². The van der Waals surface area contributed by atoms with E-state index in [1.165, 1.54) is 12.1 Å². The fraction of sp³-hybridized carbons (Fsp3) is 0.353. The summed E-state index contributed by atoms with van der Waals surface area (Å²) in [6.45, 7) is 8.19. The van der Waals surface area contributed by atoms with E-state index >= 15 is 0 Å². The Morgan fingerprint density at radius 3 is 2.51 bits per heavy atom. The number of imidazole rings is 1. The number of fused-ring (bicyclic) bond motifs is 1. The number of para-hydroxylation sites is 2. The van der Waals surface area contributed by atoms with E-state index in [-0.39, 0.29) is 17.6 Å². The van der Waals surface area contributed by atoms with Gasteiger partial charge in [0, 0.05) is 51.3 Å². The van der Waals surface area contributed by atoms with Crippen molar-refractivity contribution in [3.8, 4) is 0 Å². The van der Waals surface area contributed by atoms with E-state index in [0.717, 1.165) is 74.7 Å². The van der Waals surface area contributed by atoms with E-state index in [4.69, 9.17) is 4.98 Å². The van der Waals surface area contributed by atoms with Gasteiger partial charge in [0.15, 0.2) is 0 Å². The van der Waals surface area contributed by atoms with Gasteiger partial charge in [0.25, 0.3) is 5.91 Å². The van der Waals surface area contributed by atoms with Gasteiger partial charge in [0.05, 0.1) is 11.0 Å². The number of carbonyl (C=O) groups excluding carboxylic acids is 1. The topological polar surface area (TPSA) is 44.6 Å². The lowest BCUT2D eigenvalue weighted by atomic mass is 9.94. The van der Waals surface area contributed by atoms with E-state index in [2.05, 4.69) is 51.6 Å². The normalized spacial score (nSPS) is 15.3. The second kappa shape index (κ2) is 13.6. The first-order valence-corrected chi connectivity index (χ1v) is 14.6. The maximum atomic E-state index is 13.7. The summed E-state index contributed by atoms with van der Waals surface area (Å²) in [4.78, 5) is 24.8. The molecule has 1 aromatic heterocycles. The van der Waals surface area contributed by atoms with Gasteiger partial charge in [0.2, 0.25) is 5.95 Å². The van der Waals surface area contributed by atoms with Crippen LogP contribution in [0.15, 0.2) is 91.0 Å². The van der Waals surface area contributed by atoms with E-state index in [0.29, 0.717) is 12.1 Å². The predicted molar refractivity (Wildman–Crippen MR) is 165 cm³/mol. The van der Waals surface area contributed by atoms with Gasteiger partial charge in [0.1, 0.15) is 5.82 Å². The Bertz CT molecular complexity index is 1450. The Morgan fingerprint density at radius 1 is 0.976 bits per heavy atom. The molecule has 1 aliphatic rings. The van der Waals surface area contributed by atoms with Gasteiger partial charge in [-0.3, -0.25) is 4.79 Å². The van der Waals surface area contributed by atoms with E-state index in [9.17, 15) is 9.18 Å². The summed E-state index contributed by atoms with van der Waals surface area (Å²) in [7, 11) is 1.86. The first-order valence-electron chi connectivity index (χ1n) is 14.6. The molecular formula is C34H40FN5O. The largest absolute Gasteiger partial charge is 0.341 e. The average Bonchev–Trinajstić information content (AvgIpc) is 3.20. The van der Waals surface area contributed by atoms with Crippen LogP contribution >= 0.6 is 0 Å². The van der Waals surface area contributed by atoms with Gasteiger partial charge in [-0.1, -0.05) is 54.6 Å². The summed E-state index contributed by atoms with van der Waals surface area (Å²) >= 11 is 0. The fourth-order valence-electron chi connectivity index (χ4n) is 5.74. The highest BCUT2D eigenvalue weighted by Crippen LogP contribution is 2.26. The second-order valence-corrected chi connectivity index (χ2v) is 10.9. The number of rotatable bonds is 10. The van der Waals surface area contributed by atoms with Gasteiger partial charge in [-0.05, 0) is 74.8 Å². The Morgan fingerprint density at radius 2 is 1.73 bits per heavy atom. The molecule has 1 unspecified atom stereocenters. The molecular weight excluding hydrogens is 513 g/mol. The van der Waals surface area contributed by atoms with E-state index < -0.39 is 0 Å². The molecule has 0 bridgehead atoms. The summed E-state index contributed by atoms with van der Waals surface area (Å²) in [6.07, 6.45) is 6.21. The molecule has 0 aliphatic carbocycles. The second-order valence-electron chi connectivity index (χ2n) is 10.9. The van der Waals surface area contributed by atoms with Crippen LogP contribution in [0.2, 0.25) is 0 Å². The number of hydrogen-bond donors (Lipinski definition) is 0. The number of amides is 1. The standard InChI is InChI=1S/C34H40FN5O/c1-3-4-22-40-32-14-9-8-13-31(32)36-34(40)39-21-10-20-38(24-25-39)23-19-29(27-15-17-30(35)18-16-27)26-37(2)33(41)28-11-6-5-7-12-28/h3-9,11-18,29H,10,19-26H2,1-2H3/b4-3+. The molecule has 214 valence electrons. The molecule has 7 heteroatoms. The lowest BCUT2D eigenvalue weighted by molar-refractivity contribution is 0.0782. The zero-order chi connectivity index (χ0) is 28.6. The van der Waals surface area contributed by atoms with E-state index in [1.54, 1.807) is 4.90 Å². The molecule has 0 saturated carbocycles. The molecule has 0 radical (unpaired) electrons. The zero-order valence-corrected chi connectivity index (χ0v) is 24.1. The summed E-state index contributed by atoms with van der Waals surface area (Å²) in [5, 5.41) is 0. The minimum Gasteiger partial charge on any atom is -0.341 e. The van der Waals surface area contributed by atoms with Crippen LogP contribution in [0.3, 0.4) is 0 Å². The molecule has 2 heterocycles. The lowest BCUT2D eigenvalue weighted by Gasteiger charge is -2.28. The van der Waals surface area contributed by atoms with Gasteiger partial charge in [-0.15, -0.1) is 0 Å². The third kappa shape index (κ3) is 7.03. The first-order chi connectivity index (χ1) is 20.0. The van der Waals surface area contributed by atoms with Crippen LogP contribution in [0.5, 0.6) is 0 Å². The number of aromatic nitrogens is 2. The minimum atomic E-state index is -0.241. The van der Waals surface area contributed by atoms with Crippen LogP contribution in [0.1, 0.15) is 41.6 Å². The number of benzene rings is 3. The van der Waals surface area contributed by atoms with Gasteiger partial charge < -0.3 is 19.3 Å². The summed E-state index contributed by atoms with van der Waals surface area (Å²) in [6, 6.07) is 24.5. The molecule has 1 saturated heterocycles. The Hall–Kier alpha value is -3.97. The molecule has 1 aliphatic heterocycles. The van der Waals surface area contributed by atoms with Gasteiger partial charge in [-0.25, -0.2) is 9.37 Å². The van der Waals surface area contributed by atoms with Crippen molar-refractivity contribution in [3.05, 3.63) is 108 Å². The number of anilines is 1.